The Labute approximate surface area is 225 Å². The molecule has 0 atom stereocenters. The van der Waals surface area contributed by atoms with Crippen molar-refractivity contribution in [1.82, 2.24) is 19.3 Å². The second kappa shape index (κ2) is 11.3. The summed E-state index contributed by atoms with van der Waals surface area (Å²) in [6.07, 6.45) is 7.72. The predicted molar refractivity (Wildman–Crippen MR) is 148 cm³/mol. The van der Waals surface area contributed by atoms with Crippen LogP contribution in [0.5, 0.6) is 0 Å². The molecule has 2 N–H and O–H groups in total. The Morgan fingerprint density at radius 3 is 2.64 bits per heavy atom. The summed E-state index contributed by atoms with van der Waals surface area (Å²) in [5.41, 5.74) is 3.82. The third-order valence-corrected chi connectivity index (χ3v) is 6.34. The zero-order valence-corrected chi connectivity index (χ0v) is 22.0. The van der Waals surface area contributed by atoms with Crippen LogP contribution in [-0.4, -0.2) is 38.3 Å². The van der Waals surface area contributed by atoms with Crippen LogP contribution in [-0.2, 0) is 17.8 Å². The average Bonchev–Trinajstić information content (AvgIpc) is 3.71. The number of hydrogen-bond acceptors (Lipinski definition) is 7. The number of benzene rings is 1. The number of para-hydroxylation sites is 1. The van der Waals surface area contributed by atoms with Gasteiger partial charge >= 0.3 is 5.97 Å². The zero-order chi connectivity index (χ0) is 27.4. The number of ether oxygens (including phenoxy) is 1. The molecule has 0 bridgehead atoms. The van der Waals surface area contributed by atoms with Gasteiger partial charge in [0.2, 0.25) is 0 Å². The van der Waals surface area contributed by atoms with Crippen LogP contribution >= 0.6 is 0 Å². The number of nitrogens with zero attached hydrogens (tertiary/aromatic N) is 4. The first-order chi connectivity index (χ1) is 18.9. The predicted octanol–water partition coefficient (Wildman–Crippen LogP) is 5.51. The van der Waals surface area contributed by atoms with Gasteiger partial charge in [0, 0.05) is 30.2 Å². The molecule has 5 aromatic rings. The number of esters is 1. The molecule has 10 nitrogen and oxygen atoms in total. The highest BCUT2D eigenvalue weighted by Crippen LogP contribution is 2.33. The standard InChI is InChI=1S/C29H30N6O4/c1-19(2)11-12-34-26(29(37)38-3)25(33-28(36)24-10-7-13-39-24)23-14-21(17-31-27(23)34)30-15-20-16-32-35(18-20)22-8-5-4-6-9-22/h4-10,13-14,16-19,30H,11-12,15H2,1-3H3,(H,33,36). The number of pyridine rings is 1. The highest BCUT2D eigenvalue weighted by Gasteiger charge is 2.27. The molecule has 200 valence electrons. The van der Waals surface area contributed by atoms with Crippen molar-refractivity contribution in [3.8, 4) is 5.69 Å². The molecule has 39 heavy (non-hydrogen) atoms. The van der Waals surface area contributed by atoms with Crippen molar-refractivity contribution in [3.05, 3.63) is 90.4 Å². The fourth-order valence-corrected chi connectivity index (χ4v) is 4.32. The van der Waals surface area contributed by atoms with Gasteiger partial charge in [-0.2, -0.15) is 5.10 Å². The summed E-state index contributed by atoms with van der Waals surface area (Å²) in [6, 6.07) is 14.9. The van der Waals surface area contributed by atoms with Crippen LogP contribution in [0.15, 0.2) is 77.8 Å². The van der Waals surface area contributed by atoms with E-state index in [1.807, 2.05) is 51.8 Å². The van der Waals surface area contributed by atoms with Crippen molar-refractivity contribution in [2.24, 2.45) is 5.92 Å². The lowest BCUT2D eigenvalue weighted by molar-refractivity contribution is 0.0589. The van der Waals surface area contributed by atoms with Crippen LogP contribution in [0.1, 0.15) is 46.9 Å². The Morgan fingerprint density at radius 1 is 1.10 bits per heavy atom. The summed E-state index contributed by atoms with van der Waals surface area (Å²) in [5, 5.41) is 11.3. The second-order valence-electron chi connectivity index (χ2n) is 9.56. The number of methoxy groups -OCH3 is 1. The number of carbonyl (C=O) groups is 2. The molecular formula is C29H30N6O4. The van der Waals surface area contributed by atoms with Crippen LogP contribution in [0.3, 0.4) is 0 Å². The van der Waals surface area contributed by atoms with E-state index < -0.39 is 11.9 Å². The molecule has 1 amide bonds. The van der Waals surface area contributed by atoms with E-state index in [2.05, 4.69) is 34.6 Å². The van der Waals surface area contributed by atoms with Crippen molar-refractivity contribution in [1.29, 1.82) is 0 Å². The number of anilines is 2. The summed E-state index contributed by atoms with van der Waals surface area (Å²) in [4.78, 5) is 30.6. The van der Waals surface area contributed by atoms with Crippen LogP contribution in [0.25, 0.3) is 16.7 Å². The van der Waals surface area contributed by atoms with Crippen LogP contribution in [0.4, 0.5) is 11.4 Å². The Balaban J connectivity index is 1.49. The lowest BCUT2D eigenvalue weighted by atomic mass is 10.1. The smallest absolute Gasteiger partial charge is 0.356 e. The van der Waals surface area contributed by atoms with Crippen molar-refractivity contribution in [2.45, 2.75) is 33.4 Å². The van der Waals surface area contributed by atoms with Crippen LogP contribution in [0.2, 0.25) is 0 Å². The Kier molecular flexibility index (Phi) is 7.44. The first kappa shape index (κ1) is 25.8. The van der Waals surface area contributed by atoms with Gasteiger partial charge in [-0.3, -0.25) is 4.79 Å². The van der Waals surface area contributed by atoms with Gasteiger partial charge in [0.25, 0.3) is 5.91 Å². The minimum absolute atomic E-state index is 0.131. The van der Waals surface area contributed by atoms with Gasteiger partial charge in [0.1, 0.15) is 5.65 Å². The molecule has 4 aromatic heterocycles. The molecule has 5 rings (SSSR count). The zero-order valence-electron chi connectivity index (χ0n) is 22.0. The number of carbonyl (C=O) groups excluding carboxylic acids is 2. The lowest BCUT2D eigenvalue weighted by Gasteiger charge is -2.11. The average molecular weight is 527 g/mol. The number of hydrogen-bond donors (Lipinski definition) is 2. The molecule has 4 heterocycles. The van der Waals surface area contributed by atoms with Gasteiger partial charge in [0.15, 0.2) is 11.5 Å². The number of furan rings is 1. The molecular weight excluding hydrogens is 496 g/mol. The van der Waals surface area contributed by atoms with Crippen molar-refractivity contribution < 1.29 is 18.7 Å². The number of rotatable bonds is 10. The molecule has 0 fully saturated rings. The maximum atomic E-state index is 13.0. The Hall–Kier alpha value is -4.86. The molecule has 0 unspecified atom stereocenters. The third-order valence-electron chi connectivity index (χ3n) is 6.34. The number of fused-ring (bicyclic) bond motifs is 1. The van der Waals surface area contributed by atoms with Gasteiger partial charge in [-0.05, 0) is 42.7 Å². The summed E-state index contributed by atoms with van der Waals surface area (Å²) >= 11 is 0. The summed E-state index contributed by atoms with van der Waals surface area (Å²) in [6.45, 7) is 5.26. The van der Waals surface area contributed by atoms with Crippen molar-refractivity contribution in [2.75, 3.05) is 17.7 Å². The van der Waals surface area contributed by atoms with Gasteiger partial charge < -0.3 is 24.4 Å². The first-order valence-corrected chi connectivity index (χ1v) is 12.7. The van der Waals surface area contributed by atoms with Gasteiger partial charge in [0.05, 0.1) is 42.8 Å². The van der Waals surface area contributed by atoms with E-state index in [1.54, 1.807) is 24.5 Å². The summed E-state index contributed by atoms with van der Waals surface area (Å²) < 4.78 is 14.0. The summed E-state index contributed by atoms with van der Waals surface area (Å²) in [5.74, 6) is -0.507. The van der Waals surface area contributed by atoms with E-state index in [4.69, 9.17) is 9.15 Å². The van der Waals surface area contributed by atoms with Crippen molar-refractivity contribution >= 4 is 34.3 Å². The lowest BCUT2D eigenvalue weighted by Crippen LogP contribution is -2.17. The Morgan fingerprint density at radius 2 is 1.92 bits per heavy atom. The SMILES string of the molecule is COC(=O)c1c(NC(=O)c2ccco2)c2cc(NCc3cnn(-c4ccccc4)c3)cnc2n1CCC(C)C. The van der Waals surface area contributed by atoms with Gasteiger partial charge in [-0.25, -0.2) is 14.5 Å². The monoisotopic (exact) mass is 526 g/mol. The molecule has 0 radical (unpaired) electrons. The van der Waals surface area contributed by atoms with Crippen LogP contribution < -0.4 is 10.6 Å². The molecule has 0 spiro atoms. The van der Waals surface area contributed by atoms with E-state index in [0.717, 1.165) is 23.4 Å². The van der Waals surface area contributed by atoms with Crippen LogP contribution in [0, 0.1) is 5.92 Å². The highest BCUT2D eigenvalue weighted by molar-refractivity contribution is 6.14. The third kappa shape index (κ3) is 5.54. The fraction of sp³-hybridized carbons (Fsp3) is 0.241. The number of aromatic nitrogens is 4. The first-order valence-electron chi connectivity index (χ1n) is 12.7. The number of aryl methyl sites for hydroxylation is 1. The van der Waals surface area contributed by atoms with E-state index >= 15 is 0 Å². The normalized spacial score (nSPS) is 11.2. The molecule has 0 aliphatic rings. The molecule has 0 aliphatic heterocycles. The maximum absolute atomic E-state index is 13.0. The largest absolute Gasteiger partial charge is 0.464 e. The molecule has 1 aromatic carbocycles. The number of nitrogens with one attached hydrogen (secondary N) is 2. The topological polar surface area (TPSA) is 116 Å². The molecule has 0 saturated carbocycles. The second-order valence-corrected chi connectivity index (χ2v) is 9.56. The van der Waals surface area contributed by atoms with E-state index in [0.29, 0.717) is 35.7 Å². The van der Waals surface area contributed by atoms with E-state index in [9.17, 15) is 9.59 Å². The summed E-state index contributed by atoms with van der Waals surface area (Å²) in [7, 11) is 1.32. The quantitative estimate of drug-likeness (QED) is 0.230. The van der Waals surface area contributed by atoms with E-state index in [1.165, 1.54) is 13.4 Å². The van der Waals surface area contributed by atoms with Gasteiger partial charge in [-0.1, -0.05) is 32.0 Å². The molecule has 10 heteroatoms. The molecule has 0 aliphatic carbocycles. The molecule has 0 saturated heterocycles. The minimum Gasteiger partial charge on any atom is -0.464 e. The van der Waals surface area contributed by atoms with E-state index in [-0.39, 0.29) is 11.5 Å². The highest BCUT2D eigenvalue weighted by atomic mass is 16.5. The number of amides is 1. The Bertz CT molecular complexity index is 1590. The van der Waals surface area contributed by atoms with Crippen molar-refractivity contribution in [3.63, 3.8) is 0 Å². The fourth-order valence-electron chi connectivity index (χ4n) is 4.32. The minimum atomic E-state index is -0.561. The maximum Gasteiger partial charge on any atom is 0.356 e. The van der Waals surface area contributed by atoms with Gasteiger partial charge in [-0.15, -0.1) is 0 Å².